The van der Waals surface area contributed by atoms with Crippen molar-refractivity contribution in [2.75, 3.05) is 0 Å². The lowest BCUT2D eigenvalue weighted by Gasteiger charge is -2.33. The van der Waals surface area contributed by atoms with Crippen LogP contribution in [0, 0.1) is 26.2 Å². The standard InChI is InChI=1S/C20H25N3O.C20H16N2O.2C19H15N3O.C19H14N2O.C19H13NO2/c1-19(2,3)13-20(4,5)14-10-11-18(24)17(12-14)23-21-15-8-6-7-9-16(15)22(21)23;1-14-8-2-5-11-17(14)22-18-12-6-4-10-16(18)21-20(22)15-9-3-7-13-19(15)23;1-13-7-10-19(23)18(11-13)22-20-16-9-8-15(12-17(16)21(20)22)14-5-3-2-4-6-14;1-13-7-2-4-9-15(13)22-16-10-6-12-20-18(16)21-19(22)14-8-3-5-11-17(14)23;22-18-13-7-4-10-15(18)19-20-16-11-5-6-12-17(16)21(19)14-8-2-1-3-9-14;21-17-9-5-4-8-15(17)19-20-16-12-14(10-11-18(16)22-19)13-6-2-1-3-7-13/h6-12,24H,13H2,1-5H3;2-13,23H,1H3;2*2-12,23H,1H3;1-13,22H;1-12,21H. The third-order valence-electron chi connectivity index (χ3n) is 24.5. The van der Waals surface area contributed by atoms with E-state index in [1.807, 2.05) is 270 Å². The summed E-state index contributed by atoms with van der Waals surface area (Å²) in [6, 6.07) is 128. The van der Waals surface area contributed by atoms with E-state index in [-0.39, 0.29) is 33.8 Å². The molecule has 137 heavy (non-hydrogen) atoms. The molecule has 0 saturated heterocycles. The van der Waals surface area contributed by atoms with Gasteiger partial charge in [0.25, 0.3) is 0 Å². The number of aromatic nitrogens is 14. The molecule has 0 aliphatic heterocycles. The molecule has 674 valence electrons. The van der Waals surface area contributed by atoms with E-state index in [1.54, 1.807) is 54.7 Å². The Labute approximate surface area is 789 Å². The number of imidazole rings is 3. The van der Waals surface area contributed by atoms with Gasteiger partial charge in [-0.3, -0.25) is 13.7 Å². The van der Waals surface area contributed by atoms with E-state index in [9.17, 15) is 30.6 Å². The Balaban J connectivity index is 0.000000102. The summed E-state index contributed by atoms with van der Waals surface area (Å²) in [7, 11) is 0. The maximum absolute atomic E-state index is 10.4. The number of para-hydroxylation sites is 13. The van der Waals surface area contributed by atoms with Crippen molar-refractivity contribution in [3.63, 3.8) is 0 Å². The second kappa shape index (κ2) is 36.4. The number of aromatic hydroxyl groups is 6. The van der Waals surface area contributed by atoms with E-state index in [0.29, 0.717) is 45.6 Å². The molecule has 0 bridgehead atoms. The molecule has 9 heterocycles. The molecule has 21 heteroatoms. The van der Waals surface area contributed by atoms with E-state index in [4.69, 9.17) is 14.4 Å². The molecule has 25 rings (SSSR count). The maximum atomic E-state index is 10.4. The van der Waals surface area contributed by atoms with Crippen LogP contribution in [0.15, 0.2) is 405 Å². The molecule has 0 amide bonds. The van der Waals surface area contributed by atoms with Crippen molar-refractivity contribution in [1.82, 2.24) is 66.7 Å². The van der Waals surface area contributed by atoms with E-state index >= 15 is 0 Å². The Morgan fingerprint density at radius 2 is 0.693 bits per heavy atom. The summed E-state index contributed by atoms with van der Waals surface area (Å²) in [5, 5.41) is 61.2. The molecule has 21 nitrogen and oxygen atoms in total. The van der Waals surface area contributed by atoms with Gasteiger partial charge in [0.1, 0.15) is 85.1 Å². The fourth-order valence-electron chi connectivity index (χ4n) is 18.1. The number of fused-ring (bicyclic) bond motifs is 12. The number of phenolic OH excluding ortho intramolecular Hbond substituents is 6. The number of hydrogen-bond acceptors (Lipinski definition) is 12. The van der Waals surface area contributed by atoms with Gasteiger partial charge in [0.2, 0.25) is 5.89 Å². The van der Waals surface area contributed by atoms with Crippen LogP contribution in [0.5, 0.6) is 34.5 Å². The Morgan fingerprint density at radius 1 is 0.285 bits per heavy atom. The first-order valence-electron chi connectivity index (χ1n) is 45.4. The van der Waals surface area contributed by atoms with Crippen LogP contribution >= 0.6 is 0 Å². The maximum Gasteiger partial charge on any atom is 0.231 e. The van der Waals surface area contributed by atoms with Crippen LogP contribution in [0.25, 0.3) is 163 Å². The number of oxazole rings is 1. The summed E-state index contributed by atoms with van der Waals surface area (Å²) in [6.45, 7) is 17.5. The average Bonchev–Trinajstić information content (AvgIpc) is 1.51. The van der Waals surface area contributed by atoms with Gasteiger partial charge in [-0.2, -0.15) is 0 Å². The summed E-state index contributed by atoms with van der Waals surface area (Å²) in [5.41, 5.74) is 28.7. The lowest BCUT2D eigenvalue weighted by Crippen LogP contribution is -2.24. The Kier molecular flexibility index (Phi) is 23.1. The summed E-state index contributed by atoms with van der Waals surface area (Å²) in [5.74, 6) is 4.04. The molecule has 25 aromatic rings. The largest absolute Gasteiger partial charge is 0.507 e. The van der Waals surface area contributed by atoms with Crippen molar-refractivity contribution in [3.8, 4) is 131 Å². The topological polar surface area (TPSA) is 241 Å². The summed E-state index contributed by atoms with van der Waals surface area (Å²) in [6.07, 6.45) is 2.81. The molecule has 0 fully saturated rings. The monoisotopic (exact) mass is 1800 g/mol. The molecule has 9 aromatic heterocycles. The Morgan fingerprint density at radius 3 is 1.23 bits per heavy atom. The molecule has 0 unspecified atom stereocenters. The zero-order valence-corrected chi connectivity index (χ0v) is 76.7. The third kappa shape index (κ3) is 17.2. The normalized spacial score (nSPS) is 11.6. The van der Waals surface area contributed by atoms with Crippen LogP contribution in [0.4, 0.5) is 0 Å². The Bertz CT molecular complexity index is 8400. The van der Waals surface area contributed by atoms with Crippen LogP contribution < -0.4 is 0 Å². The van der Waals surface area contributed by atoms with Gasteiger partial charge in [-0.05, 0) is 252 Å². The second-order valence-electron chi connectivity index (χ2n) is 35.8. The smallest absolute Gasteiger partial charge is 0.231 e. The zero-order chi connectivity index (χ0) is 94.3. The van der Waals surface area contributed by atoms with Gasteiger partial charge in [-0.1, -0.05) is 259 Å². The van der Waals surface area contributed by atoms with Gasteiger partial charge in [0, 0.05) is 11.9 Å². The quantitative estimate of drug-likeness (QED) is 0.0632. The molecule has 0 atom stereocenters. The summed E-state index contributed by atoms with van der Waals surface area (Å²) >= 11 is 0. The summed E-state index contributed by atoms with van der Waals surface area (Å²) < 4.78 is 20.3. The predicted molar refractivity (Wildman–Crippen MR) is 547 cm³/mol. The molecular formula is C116H98N14O7. The molecule has 0 saturated carbocycles. The van der Waals surface area contributed by atoms with Gasteiger partial charge in [0.05, 0.1) is 61.2 Å². The lowest BCUT2D eigenvalue weighted by molar-refractivity contribution is 0.284. The van der Waals surface area contributed by atoms with Crippen molar-refractivity contribution in [2.24, 2.45) is 5.41 Å². The molecule has 0 radical (unpaired) electrons. The number of aryl methyl sites for hydroxylation is 3. The van der Waals surface area contributed by atoms with Crippen molar-refractivity contribution >= 4 is 66.4 Å². The van der Waals surface area contributed by atoms with Crippen molar-refractivity contribution in [1.29, 1.82) is 0 Å². The fraction of sp³-hybridized carbons (Fsp3) is 0.0948. The lowest BCUT2D eigenvalue weighted by atomic mass is 9.72. The molecule has 0 aliphatic carbocycles. The Hall–Kier alpha value is -17.9. The third-order valence-corrected chi connectivity index (χ3v) is 24.5. The van der Waals surface area contributed by atoms with Crippen molar-refractivity contribution in [3.05, 3.63) is 423 Å². The molecular weight excluding hydrogens is 1700 g/mol. The van der Waals surface area contributed by atoms with Crippen LogP contribution in [0.1, 0.15) is 63.3 Å². The highest BCUT2D eigenvalue weighted by Crippen LogP contribution is 2.44. The van der Waals surface area contributed by atoms with Crippen molar-refractivity contribution < 1.29 is 35.1 Å². The second-order valence-corrected chi connectivity index (χ2v) is 35.8. The molecule has 16 aromatic carbocycles. The minimum atomic E-state index is 0.0489. The molecule has 6 N–H and O–H groups in total. The predicted octanol–water partition coefficient (Wildman–Crippen LogP) is 27.0. The molecule has 0 aliphatic rings. The van der Waals surface area contributed by atoms with Gasteiger partial charge >= 0.3 is 0 Å². The SMILES string of the molecule is CC(C)(C)CC(C)(C)c1ccc(O)c(-n2n3c4ccccc4n23)c1.Cc1ccc(O)c(-n2n3c4ccc(-c5ccccc5)cc4n23)c1.Cc1ccccc1-n1c(-c2ccccc2O)nc2ccccc21.Cc1ccccc1-n1c(-c2ccccc2O)nc2ncccc21.Oc1ccccc1-c1nc2cc(-c3ccccc3)ccc2o1.Oc1ccccc1-c1nc2ccccc2n1-c1ccccc1. The number of phenols is 6. The van der Waals surface area contributed by atoms with E-state index in [0.717, 1.165) is 130 Å². The van der Waals surface area contributed by atoms with Gasteiger partial charge in [0.15, 0.2) is 17.1 Å². The van der Waals surface area contributed by atoms with E-state index < -0.39 is 0 Å². The number of benzene rings is 16. The van der Waals surface area contributed by atoms with Crippen LogP contribution in [-0.4, -0.2) is 97.4 Å². The number of rotatable bonds is 13. The minimum absolute atomic E-state index is 0.0489. The van der Waals surface area contributed by atoms with E-state index in [1.165, 1.54) is 27.7 Å². The number of hydrogen-bond donors (Lipinski definition) is 6. The van der Waals surface area contributed by atoms with Crippen molar-refractivity contribution in [2.45, 2.75) is 67.2 Å². The van der Waals surface area contributed by atoms with Gasteiger partial charge in [-0.15, -0.1) is 28.1 Å². The highest BCUT2D eigenvalue weighted by Gasteiger charge is 2.32. The fourth-order valence-corrected chi connectivity index (χ4v) is 18.1. The van der Waals surface area contributed by atoms with Crippen LogP contribution in [-0.2, 0) is 5.41 Å². The van der Waals surface area contributed by atoms with E-state index in [2.05, 4.69) is 188 Å². The zero-order valence-electron chi connectivity index (χ0n) is 76.7. The van der Waals surface area contributed by atoms with Crippen LogP contribution in [0.3, 0.4) is 0 Å². The van der Waals surface area contributed by atoms with Crippen LogP contribution in [0.2, 0.25) is 0 Å². The first-order chi connectivity index (χ1) is 66.6. The highest BCUT2D eigenvalue weighted by atomic mass is 16.4. The first kappa shape index (κ1) is 87.1. The minimum Gasteiger partial charge on any atom is -0.507 e. The van der Waals surface area contributed by atoms with Gasteiger partial charge in [-0.25, -0.2) is 24.9 Å². The average molecular weight is 1800 g/mol. The molecule has 0 spiro atoms. The highest BCUT2D eigenvalue weighted by molar-refractivity contribution is 5.90. The summed E-state index contributed by atoms with van der Waals surface area (Å²) in [4.78, 5) is 27.0. The number of pyridine rings is 1. The van der Waals surface area contributed by atoms with Gasteiger partial charge < -0.3 is 35.1 Å². The first-order valence-corrected chi connectivity index (χ1v) is 45.4. The number of nitrogens with zero attached hydrogens (tertiary/aromatic N) is 14.